The maximum absolute atomic E-state index is 5.97. The van der Waals surface area contributed by atoms with Crippen LogP contribution in [-0.2, 0) is 0 Å². The first kappa shape index (κ1) is 12.4. The van der Waals surface area contributed by atoms with E-state index in [0.717, 1.165) is 24.8 Å². The predicted octanol–water partition coefficient (Wildman–Crippen LogP) is 3.54. The average Bonchev–Trinajstić information content (AvgIpc) is 2.28. The van der Waals surface area contributed by atoms with Crippen molar-refractivity contribution in [3.63, 3.8) is 0 Å². The van der Waals surface area contributed by atoms with E-state index in [-0.39, 0.29) is 0 Å². The van der Waals surface area contributed by atoms with Gasteiger partial charge in [-0.2, -0.15) is 0 Å². The fourth-order valence-corrected chi connectivity index (χ4v) is 2.25. The van der Waals surface area contributed by atoms with Crippen LogP contribution in [0.2, 0.25) is 0 Å². The highest BCUT2D eigenvalue weighted by atomic mass is 16.5. The molecule has 1 aliphatic carbocycles. The Morgan fingerprint density at radius 3 is 2.76 bits per heavy atom. The third-order valence-corrected chi connectivity index (χ3v) is 3.60. The molecule has 0 bridgehead atoms. The molecular weight excluding hydrogens is 210 g/mol. The quantitative estimate of drug-likeness (QED) is 0.811. The molecule has 2 heteroatoms. The maximum atomic E-state index is 5.97. The Kier molecular flexibility index (Phi) is 4.43. The molecular formula is C15H23NO. The van der Waals surface area contributed by atoms with Crippen molar-refractivity contribution in [2.75, 3.05) is 13.2 Å². The lowest BCUT2D eigenvalue weighted by molar-refractivity contribution is 0.178. The molecule has 1 aromatic rings. The molecule has 0 aromatic heterocycles. The number of rotatable bonds is 6. The minimum absolute atomic E-state index is 0.359. The van der Waals surface area contributed by atoms with Crippen molar-refractivity contribution < 1.29 is 4.74 Å². The predicted molar refractivity (Wildman–Crippen MR) is 71.4 cm³/mol. The van der Waals surface area contributed by atoms with Gasteiger partial charge in [0.1, 0.15) is 5.75 Å². The molecule has 94 valence electrons. The molecule has 0 radical (unpaired) electrons. The molecule has 1 atom stereocenters. The van der Waals surface area contributed by atoms with Crippen LogP contribution in [0.3, 0.4) is 0 Å². The van der Waals surface area contributed by atoms with Gasteiger partial charge >= 0.3 is 0 Å². The van der Waals surface area contributed by atoms with Crippen LogP contribution in [0.1, 0.15) is 44.7 Å². The van der Waals surface area contributed by atoms with E-state index in [0.29, 0.717) is 6.04 Å². The molecule has 17 heavy (non-hydrogen) atoms. The van der Waals surface area contributed by atoms with Gasteiger partial charge in [-0.1, -0.05) is 31.5 Å². The minimum atomic E-state index is 0.359. The zero-order chi connectivity index (χ0) is 12.1. The van der Waals surface area contributed by atoms with Crippen molar-refractivity contribution in [2.45, 2.75) is 39.2 Å². The Morgan fingerprint density at radius 1 is 1.35 bits per heavy atom. The summed E-state index contributed by atoms with van der Waals surface area (Å²) < 4.78 is 5.97. The summed E-state index contributed by atoms with van der Waals surface area (Å²) in [6.45, 7) is 6.19. The smallest absolute Gasteiger partial charge is 0.124 e. The second-order valence-corrected chi connectivity index (χ2v) is 4.93. The normalized spacial score (nSPS) is 17.5. The van der Waals surface area contributed by atoms with Crippen molar-refractivity contribution in [1.29, 1.82) is 0 Å². The molecule has 2 rings (SSSR count). The second kappa shape index (κ2) is 6.06. The van der Waals surface area contributed by atoms with E-state index in [9.17, 15) is 0 Å². The lowest BCUT2D eigenvalue weighted by Gasteiger charge is -2.26. The third-order valence-electron chi connectivity index (χ3n) is 3.60. The zero-order valence-corrected chi connectivity index (χ0v) is 10.9. The summed E-state index contributed by atoms with van der Waals surface area (Å²) in [5.41, 5.74) is 1.27. The van der Waals surface area contributed by atoms with Crippen molar-refractivity contribution in [3.05, 3.63) is 29.8 Å². The largest absolute Gasteiger partial charge is 0.493 e. The van der Waals surface area contributed by atoms with E-state index in [1.807, 2.05) is 0 Å². The van der Waals surface area contributed by atoms with Crippen LogP contribution in [0.4, 0.5) is 0 Å². The highest BCUT2D eigenvalue weighted by Gasteiger charge is 2.19. The molecule has 0 amide bonds. The Hall–Kier alpha value is -1.02. The summed E-state index contributed by atoms with van der Waals surface area (Å²) >= 11 is 0. The Bertz CT molecular complexity index is 347. The molecule has 1 saturated carbocycles. The summed E-state index contributed by atoms with van der Waals surface area (Å²) in [4.78, 5) is 0. The standard InChI is InChI=1S/C15H23NO/c1-3-16-12(2)14-9-4-5-10-15(14)17-11-13-7-6-8-13/h4-5,9-10,12-13,16H,3,6-8,11H2,1-2H3. The first-order valence-electron chi connectivity index (χ1n) is 6.76. The SMILES string of the molecule is CCNC(C)c1ccccc1OCC1CCC1. The topological polar surface area (TPSA) is 21.3 Å². The van der Waals surface area contributed by atoms with Crippen molar-refractivity contribution in [3.8, 4) is 5.75 Å². The fourth-order valence-electron chi connectivity index (χ4n) is 2.25. The van der Waals surface area contributed by atoms with E-state index >= 15 is 0 Å². The first-order chi connectivity index (χ1) is 8.31. The van der Waals surface area contributed by atoms with Gasteiger partial charge in [0.2, 0.25) is 0 Å². The van der Waals surface area contributed by atoms with Gasteiger partial charge in [-0.05, 0) is 38.3 Å². The number of hydrogen-bond donors (Lipinski definition) is 1. The molecule has 1 aliphatic rings. The average molecular weight is 233 g/mol. The van der Waals surface area contributed by atoms with Crippen molar-refractivity contribution in [2.24, 2.45) is 5.92 Å². The Labute approximate surface area is 104 Å². The Balaban J connectivity index is 1.98. The van der Waals surface area contributed by atoms with Crippen LogP contribution in [0, 0.1) is 5.92 Å². The number of nitrogens with one attached hydrogen (secondary N) is 1. The molecule has 1 N–H and O–H groups in total. The van der Waals surface area contributed by atoms with Crippen LogP contribution in [0.25, 0.3) is 0 Å². The summed E-state index contributed by atoms with van der Waals surface area (Å²) in [6.07, 6.45) is 4.05. The fraction of sp³-hybridized carbons (Fsp3) is 0.600. The molecule has 2 nitrogen and oxygen atoms in total. The van der Waals surface area contributed by atoms with Crippen LogP contribution < -0.4 is 10.1 Å². The lowest BCUT2D eigenvalue weighted by atomic mass is 9.86. The highest BCUT2D eigenvalue weighted by molar-refractivity contribution is 5.35. The van der Waals surface area contributed by atoms with Crippen LogP contribution in [-0.4, -0.2) is 13.2 Å². The number of hydrogen-bond acceptors (Lipinski definition) is 2. The summed E-state index contributed by atoms with van der Waals surface area (Å²) in [5.74, 6) is 1.84. The summed E-state index contributed by atoms with van der Waals surface area (Å²) in [6, 6.07) is 8.74. The summed E-state index contributed by atoms with van der Waals surface area (Å²) in [5, 5.41) is 3.44. The van der Waals surface area contributed by atoms with Gasteiger partial charge in [0.15, 0.2) is 0 Å². The molecule has 0 aliphatic heterocycles. The van der Waals surface area contributed by atoms with E-state index in [2.05, 4.69) is 43.4 Å². The monoisotopic (exact) mass is 233 g/mol. The van der Waals surface area contributed by atoms with Crippen molar-refractivity contribution >= 4 is 0 Å². The van der Waals surface area contributed by atoms with Crippen molar-refractivity contribution in [1.82, 2.24) is 5.32 Å². The number of ether oxygens (including phenoxy) is 1. The molecule has 1 unspecified atom stereocenters. The van der Waals surface area contributed by atoms with Crippen LogP contribution >= 0.6 is 0 Å². The van der Waals surface area contributed by atoms with Gasteiger partial charge in [-0.3, -0.25) is 0 Å². The van der Waals surface area contributed by atoms with Crippen LogP contribution in [0.5, 0.6) is 5.75 Å². The number of benzene rings is 1. The third kappa shape index (κ3) is 3.22. The number of para-hydroxylation sites is 1. The second-order valence-electron chi connectivity index (χ2n) is 4.93. The first-order valence-corrected chi connectivity index (χ1v) is 6.76. The molecule has 1 aromatic carbocycles. The Morgan fingerprint density at radius 2 is 2.12 bits per heavy atom. The van der Waals surface area contributed by atoms with E-state index in [1.165, 1.54) is 24.8 Å². The van der Waals surface area contributed by atoms with Gasteiger partial charge < -0.3 is 10.1 Å². The summed E-state index contributed by atoms with van der Waals surface area (Å²) in [7, 11) is 0. The van der Waals surface area contributed by atoms with Gasteiger partial charge in [0, 0.05) is 11.6 Å². The molecule has 1 fully saturated rings. The highest BCUT2D eigenvalue weighted by Crippen LogP contribution is 2.29. The van der Waals surface area contributed by atoms with Gasteiger partial charge in [-0.25, -0.2) is 0 Å². The maximum Gasteiger partial charge on any atom is 0.124 e. The zero-order valence-electron chi connectivity index (χ0n) is 10.9. The van der Waals surface area contributed by atoms with Gasteiger partial charge in [0.25, 0.3) is 0 Å². The van der Waals surface area contributed by atoms with E-state index in [1.54, 1.807) is 0 Å². The van der Waals surface area contributed by atoms with Gasteiger partial charge in [0.05, 0.1) is 6.61 Å². The molecule has 0 saturated heterocycles. The molecule has 0 spiro atoms. The van der Waals surface area contributed by atoms with E-state index < -0.39 is 0 Å². The minimum Gasteiger partial charge on any atom is -0.493 e. The van der Waals surface area contributed by atoms with E-state index in [4.69, 9.17) is 4.74 Å². The lowest BCUT2D eigenvalue weighted by Crippen LogP contribution is -2.21. The van der Waals surface area contributed by atoms with Gasteiger partial charge in [-0.15, -0.1) is 0 Å². The van der Waals surface area contributed by atoms with Crippen LogP contribution in [0.15, 0.2) is 24.3 Å². The molecule has 0 heterocycles.